The Morgan fingerprint density at radius 3 is 2.88 bits per heavy atom. The van der Waals surface area contributed by atoms with Crippen molar-refractivity contribution in [3.8, 4) is 0 Å². The zero-order valence-corrected chi connectivity index (χ0v) is 9.99. The Labute approximate surface area is 99.9 Å². The van der Waals surface area contributed by atoms with E-state index in [0.717, 1.165) is 13.1 Å². The van der Waals surface area contributed by atoms with Gasteiger partial charge in [0, 0.05) is 35.8 Å². The number of rotatable bonds is 2. The normalized spacial score (nSPS) is 25.8. The predicted octanol–water partition coefficient (Wildman–Crippen LogP) is 2.87. The van der Waals surface area contributed by atoms with Gasteiger partial charge in [-0.05, 0) is 36.5 Å². The van der Waals surface area contributed by atoms with E-state index in [1.165, 1.54) is 11.3 Å². The average Bonchev–Trinajstić information content (AvgIpc) is 3.03. The molecule has 1 fully saturated rings. The maximum atomic E-state index is 3.51. The van der Waals surface area contributed by atoms with E-state index in [9.17, 15) is 0 Å². The van der Waals surface area contributed by atoms with Gasteiger partial charge in [0.25, 0.3) is 0 Å². The van der Waals surface area contributed by atoms with Crippen LogP contribution in [0.1, 0.15) is 23.3 Å². The molecule has 16 heavy (non-hydrogen) atoms. The smallest absolute Gasteiger partial charge is 0.0431 e. The number of nitrogens with zero attached hydrogens (tertiary/aromatic N) is 1. The van der Waals surface area contributed by atoms with Crippen LogP contribution in [-0.2, 0) is 0 Å². The van der Waals surface area contributed by atoms with Crippen molar-refractivity contribution in [3.63, 3.8) is 0 Å². The molecule has 2 aromatic rings. The van der Waals surface area contributed by atoms with Crippen molar-refractivity contribution < 1.29 is 0 Å². The molecular formula is C13H16N2S. The van der Waals surface area contributed by atoms with Crippen LogP contribution in [0.25, 0.3) is 0 Å². The lowest BCUT2D eigenvalue weighted by Gasteiger charge is -2.32. The fourth-order valence-electron chi connectivity index (χ4n) is 2.56. The van der Waals surface area contributed by atoms with E-state index in [-0.39, 0.29) is 0 Å². The van der Waals surface area contributed by atoms with Gasteiger partial charge in [0.15, 0.2) is 0 Å². The van der Waals surface area contributed by atoms with Crippen molar-refractivity contribution in [3.05, 3.63) is 46.9 Å². The van der Waals surface area contributed by atoms with Crippen LogP contribution in [0.3, 0.4) is 0 Å². The molecule has 2 aromatic heterocycles. The van der Waals surface area contributed by atoms with Gasteiger partial charge in [-0.2, -0.15) is 0 Å². The van der Waals surface area contributed by atoms with E-state index >= 15 is 0 Å². The molecule has 0 bridgehead atoms. The lowest BCUT2D eigenvalue weighted by molar-refractivity contribution is 0.325. The first-order valence-electron chi connectivity index (χ1n) is 5.82. The Morgan fingerprint density at radius 1 is 1.25 bits per heavy atom. The van der Waals surface area contributed by atoms with E-state index < -0.39 is 0 Å². The molecule has 3 rings (SSSR count). The van der Waals surface area contributed by atoms with Gasteiger partial charge in [-0.25, -0.2) is 0 Å². The van der Waals surface area contributed by atoms with Gasteiger partial charge in [-0.3, -0.25) is 0 Å². The standard InChI is InChI=1S/C13H16N2S/c1-2-8-15(7-1)12-5-6-14-10-11(12)13-4-3-9-16-13/h1-4,7-9,11-12,14H,5-6,10H2. The minimum Gasteiger partial charge on any atom is -0.351 e. The van der Waals surface area contributed by atoms with Crippen LogP contribution in [0.4, 0.5) is 0 Å². The third-order valence-electron chi connectivity index (χ3n) is 3.36. The summed E-state index contributed by atoms with van der Waals surface area (Å²) in [5.41, 5.74) is 0. The first kappa shape index (κ1) is 10.1. The van der Waals surface area contributed by atoms with Crippen LogP contribution in [0.5, 0.6) is 0 Å². The Bertz CT molecular complexity index is 376. The van der Waals surface area contributed by atoms with Gasteiger partial charge in [-0.1, -0.05) is 6.07 Å². The van der Waals surface area contributed by atoms with Crippen molar-refractivity contribution in [2.75, 3.05) is 13.1 Å². The van der Waals surface area contributed by atoms with Crippen molar-refractivity contribution in [2.45, 2.75) is 18.4 Å². The summed E-state index contributed by atoms with van der Waals surface area (Å²) >= 11 is 1.88. The maximum absolute atomic E-state index is 3.51. The Kier molecular flexibility index (Phi) is 2.80. The molecule has 0 radical (unpaired) electrons. The minimum atomic E-state index is 0.620. The molecule has 0 aromatic carbocycles. The molecule has 0 amide bonds. The van der Waals surface area contributed by atoms with E-state index in [1.807, 2.05) is 11.3 Å². The number of hydrogen-bond acceptors (Lipinski definition) is 2. The Morgan fingerprint density at radius 2 is 2.12 bits per heavy atom. The average molecular weight is 232 g/mol. The number of thiophene rings is 1. The van der Waals surface area contributed by atoms with Crippen LogP contribution in [0.15, 0.2) is 42.0 Å². The molecule has 84 valence electrons. The van der Waals surface area contributed by atoms with Gasteiger partial charge in [0.05, 0.1) is 0 Å². The van der Waals surface area contributed by atoms with E-state index in [1.54, 1.807) is 0 Å². The topological polar surface area (TPSA) is 17.0 Å². The van der Waals surface area contributed by atoms with Crippen molar-refractivity contribution in [2.24, 2.45) is 0 Å². The summed E-state index contributed by atoms with van der Waals surface area (Å²) in [6.45, 7) is 2.23. The molecule has 1 aliphatic heterocycles. The van der Waals surface area contributed by atoms with Gasteiger partial charge < -0.3 is 9.88 Å². The first-order valence-corrected chi connectivity index (χ1v) is 6.70. The summed E-state index contributed by atoms with van der Waals surface area (Å²) in [7, 11) is 0. The second-order valence-electron chi connectivity index (χ2n) is 4.31. The molecule has 0 saturated carbocycles. The molecule has 1 aliphatic rings. The summed E-state index contributed by atoms with van der Waals surface area (Å²) in [4.78, 5) is 1.51. The second-order valence-corrected chi connectivity index (χ2v) is 5.29. The molecule has 2 unspecified atom stereocenters. The summed E-state index contributed by atoms with van der Waals surface area (Å²) in [6.07, 6.45) is 5.60. The Balaban J connectivity index is 1.90. The van der Waals surface area contributed by atoms with Crippen LogP contribution < -0.4 is 5.32 Å². The monoisotopic (exact) mass is 232 g/mol. The minimum absolute atomic E-state index is 0.620. The fraction of sp³-hybridized carbons (Fsp3) is 0.385. The van der Waals surface area contributed by atoms with E-state index in [4.69, 9.17) is 0 Å². The van der Waals surface area contributed by atoms with Crippen LogP contribution in [0.2, 0.25) is 0 Å². The highest BCUT2D eigenvalue weighted by Crippen LogP contribution is 2.35. The summed E-state index contributed by atoms with van der Waals surface area (Å²) < 4.78 is 2.37. The highest BCUT2D eigenvalue weighted by atomic mass is 32.1. The van der Waals surface area contributed by atoms with Crippen molar-refractivity contribution in [1.29, 1.82) is 0 Å². The molecule has 3 heterocycles. The highest BCUT2D eigenvalue weighted by molar-refractivity contribution is 7.10. The van der Waals surface area contributed by atoms with Crippen LogP contribution in [-0.4, -0.2) is 17.7 Å². The molecule has 0 spiro atoms. The predicted molar refractivity (Wildman–Crippen MR) is 68.0 cm³/mol. The molecular weight excluding hydrogens is 216 g/mol. The number of piperidine rings is 1. The first-order chi connectivity index (χ1) is 7.95. The molecule has 2 nitrogen and oxygen atoms in total. The summed E-state index contributed by atoms with van der Waals surface area (Å²) in [5.74, 6) is 0.626. The molecule has 1 saturated heterocycles. The molecule has 2 atom stereocenters. The van der Waals surface area contributed by atoms with E-state index in [2.05, 4.69) is 51.9 Å². The second kappa shape index (κ2) is 4.44. The number of nitrogens with one attached hydrogen (secondary N) is 1. The number of aromatic nitrogens is 1. The largest absolute Gasteiger partial charge is 0.351 e. The molecule has 1 N–H and O–H groups in total. The van der Waals surface area contributed by atoms with Crippen molar-refractivity contribution >= 4 is 11.3 Å². The van der Waals surface area contributed by atoms with Gasteiger partial charge in [-0.15, -0.1) is 11.3 Å². The number of hydrogen-bond donors (Lipinski definition) is 1. The highest BCUT2D eigenvalue weighted by Gasteiger charge is 2.27. The molecule has 3 heteroatoms. The SMILES string of the molecule is c1csc(C2CNCCC2n2cccc2)c1. The van der Waals surface area contributed by atoms with Gasteiger partial charge in [0.1, 0.15) is 0 Å². The summed E-state index contributed by atoms with van der Waals surface area (Å²) in [5, 5.41) is 5.69. The maximum Gasteiger partial charge on any atom is 0.0431 e. The van der Waals surface area contributed by atoms with Gasteiger partial charge in [0.2, 0.25) is 0 Å². The van der Waals surface area contributed by atoms with Gasteiger partial charge >= 0.3 is 0 Å². The molecule has 0 aliphatic carbocycles. The zero-order valence-electron chi connectivity index (χ0n) is 9.17. The Hall–Kier alpha value is -1.06. The third-order valence-corrected chi connectivity index (χ3v) is 4.37. The zero-order chi connectivity index (χ0) is 10.8. The quantitative estimate of drug-likeness (QED) is 0.842. The fourth-order valence-corrected chi connectivity index (χ4v) is 3.45. The lowest BCUT2D eigenvalue weighted by atomic mass is 9.92. The third kappa shape index (κ3) is 1.81. The van der Waals surface area contributed by atoms with Crippen molar-refractivity contribution in [1.82, 2.24) is 9.88 Å². The summed E-state index contributed by atoms with van der Waals surface area (Å²) in [6, 6.07) is 9.27. The van der Waals surface area contributed by atoms with Crippen LogP contribution >= 0.6 is 11.3 Å². The van der Waals surface area contributed by atoms with E-state index in [0.29, 0.717) is 12.0 Å². The van der Waals surface area contributed by atoms with Crippen LogP contribution in [0, 0.1) is 0 Å². The lowest BCUT2D eigenvalue weighted by Crippen LogP contribution is -2.35.